The largest absolute Gasteiger partial charge is 0.618 e. The van der Waals surface area contributed by atoms with Crippen LogP contribution in [0.15, 0.2) is 48.5 Å². The molecule has 0 spiro atoms. The van der Waals surface area contributed by atoms with Gasteiger partial charge in [-0.05, 0) is 18.6 Å². The number of ketones is 1. The van der Waals surface area contributed by atoms with Gasteiger partial charge >= 0.3 is 0 Å². The summed E-state index contributed by atoms with van der Waals surface area (Å²) in [4.78, 5) is 16.8. The first-order chi connectivity index (χ1) is 14.5. The molecular weight excluding hydrogens is 390 g/mol. The highest BCUT2D eigenvalue weighted by Crippen LogP contribution is 2.34. The van der Waals surface area contributed by atoms with Crippen LogP contribution in [0.5, 0.6) is 0 Å². The van der Waals surface area contributed by atoms with E-state index in [1.54, 1.807) is 36.4 Å². The van der Waals surface area contributed by atoms with Gasteiger partial charge in [-0.2, -0.15) is 15.3 Å². The molecule has 0 bridgehead atoms. The molecule has 0 amide bonds. The second-order valence-corrected chi connectivity index (χ2v) is 6.92. The van der Waals surface area contributed by atoms with Crippen LogP contribution in [0, 0.1) is 34.8 Å². The molecule has 2 aromatic carbocycles. The van der Waals surface area contributed by atoms with E-state index in [1.165, 1.54) is 0 Å². The third-order valence-electron chi connectivity index (χ3n) is 5.06. The fourth-order valence-corrected chi connectivity index (χ4v) is 3.57. The zero-order valence-electron chi connectivity index (χ0n) is 16.0. The molecule has 0 aliphatic carbocycles. The first-order valence-electron chi connectivity index (χ1n) is 9.12. The Balaban J connectivity index is 0.00000272. The predicted molar refractivity (Wildman–Crippen MR) is 118 cm³/mol. The van der Waals surface area contributed by atoms with Gasteiger partial charge in [0.15, 0.2) is 11.5 Å². The van der Waals surface area contributed by atoms with E-state index in [0.29, 0.717) is 21.4 Å². The third-order valence-corrected chi connectivity index (χ3v) is 5.06. The molecule has 4 rings (SSSR count). The Labute approximate surface area is 179 Å². The van der Waals surface area contributed by atoms with Gasteiger partial charge in [-0.1, -0.05) is 49.4 Å². The standard InChI is InChI=1S/C23H15N5O2.CH4/c1-13-6-8-14(9-7-13)21-16(11-24)22(27-23(26)17(21)12-25)19-10-20(29)15-4-2-3-5-18(15)28(19)30;/h2-9H,10H2,1H3,(H2,26,27);1H4. The monoisotopic (exact) mass is 409 g/mol. The van der Waals surface area contributed by atoms with Crippen molar-refractivity contribution in [2.75, 3.05) is 5.73 Å². The number of Topliss-reactive ketones (excluding diaryl/α,β-unsaturated/α-hetero) is 1. The van der Waals surface area contributed by atoms with E-state index in [0.717, 1.165) is 5.56 Å². The molecule has 1 aliphatic heterocycles. The summed E-state index contributed by atoms with van der Waals surface area (Å²) >= 11 is 0. The van der Waals surface area contributed by atoms with Crippen LogP contribution in [0.4, 0.5) is 11.5 Å². The molecular formula is C24H19N5O2. The Bertz CT molecular complexity index is 1330. The van der Waals surface area contributed by atoms with E-state index in [2.05, 4.69) is 11.1 Å². The van der Waals surface area contributed by atoms with Crippen molar-refractivity contribution in [3.8, 4) is 23.3 Å². The molecule has 0 unspecified atom stereocenters. The highest BCUT2D eigenvalue weighted by atomic mass is 16.5. The Morgan fingerprint density at radius 1 is 1.06 bits per heavy atom. The number of anilines is 1. The Kier molecular flexibility index (Phi) is 5.54. The van der Waals surface area contributed by atoms with E-state index in [4.69, 9.17) is 5.73 Å². The number of nitrogens with two attached hydrogens (primary N) is 1. The molecule has 2 heterocycles. The van der Waals surface area contributed by atoms with Crippen LogP contribution < -0.4 is 5.73 Å². The van der Waals surface area contributed by atoms with Crippen LogP contribution >= 0.6 is 0 Å². The SMILES string of the molecule is C.Cc1ccc(-c2c(C#N)c(N)nc(C3=[N+]([O-])c4ccccc4C(=O)C3)c2C#N)cc1. The number of fused-ring (bicyclic) bond motifs is 1. The van der Waals surface area contributed by atoms with Crippen LogP contribution in [-0.4, -0.2) is 21.2 Å². The number of hydrogen-bond acceptors (Lipinski definition) is 6. The Morgan fingerprint density at radius 3 is 2.35 bits per heavy atom. The number of aryl methyl sites for hydroxylation is 1. The first-order valence-corrected chi connectivity index (χ1v) is 9.12. The van der Waals surface area contributed by atoms with Crippen molar-refractivity contribution in [2.45, 2.75) is 20.8 Å². The number of benzene rings is 2. The van der Waals surface area contributed by atoms with Gasteiger partial charge < -0.3 is 10.9 Å². The number of rotatable bonds is 2. The molecule has 1 aliphatic rings. The quantitative estimate of drug-likeness (QED) is 0.498. The van der Waals surface area contributed by atoms with Crippen LogP contribution in [-0.2, 0) is 0 Å². The first kappa shape index (κ1) is 21.2. The second kappa shape index (κ2) is 8.10. The smallest absolute Gasteiger partial charge is 0.228 e. The number of para-hydroxylation sites is 1. The fraction of sp³-hybridized carbons (Fsp3) is 0.125. The molecule has 0 atom stereocenters. The van der Waals surface area contributed by atoms with Gasteiger partial charge in [0, 0.05) is 11.6 Å². The number of nitriles is 2. The summed E-state index contributed by atoms with van der Waals surface area (Å²) in [6, 6.07) is 17.8. The van der Waals surface area contributed by atoms with Crippen molar-refractivity contribution in [1.29, 1.82) is 10.5 Å². The maximum Gasteiger partial charge on any atom is 0.228 e. The minimum Gasteiger partial charge on any atom is -0.618 e. The lowest BCUT2D eigenvalue weighted by molar-refractivity contribution is -0.362. The van der Waals surface area contributed by atoms with Crippen LogP contribution in [0.1, 0.15) is 46.6 Å². The summed E-state index contributed by atoms with van der Waals surface area (Å²) in [7, 11) is 0. The zero-order chi connectivity index (χ0) is 21.4. The maximum absolute atomic E-state index is 13.1. The summed E-state index contributed by atoms with van der Waals surface area (Å²) in [6.07, 6.45) is -0.221. The van der Waals surface area contributed by atoms with Gasteiger partial charge in [0.1, 0.15) is 23.5 Å². The fourth-order valence-electron chi connectivity index (χ4n) is 3.57. The van der Waals surface area contributed by atoms with Crippen LogP contribution in [0.2, 0.25) is 0 Å². The molecule has 2 N–H and O–H groups in total. The van der Waals surface area contributed by atoms with E-state index < -0.39 is 0 Å². The third kappa shape index (κ3) is 3.39. The van der Waals surface area contributed by atoms with Crippen molar-refractivity contribution in [3.63, 3.8) is 0 Å². The number of hydrogen-bond donors (Lipinski definition) is 1. The molecule has 31 heavy (non-hydrogen) atoms. The zero-order valence-corrected chi connectivity index (χ0v) is 16.0. The van der Waals surface area contributed by atoms with Crippen molar-refractivity contribution in [1.82, 2.24) is 4.98 Å². The van der Waals surface area contributed by atoms with E-state index >= 15 is 0 Å². The molecule has 0 saturated carbocycles. The minimum absolute atomic E-state index is 0. The summed E-state index contributed by atoms with van der Waals surface area (Å²) in [5, 5.41) is 32.7. The molecule has 152 valence electrons. The highest BCUT2D eigenvalue weighted by molar-refractivity contribution is 6.18. The Hall–Kier alpha value is -4.49. The molecule has 0 saturated heterocycles. The number of nitrogens with zero attached hydrogens (tertiary/aromatic N) is 4. The summed E-state index contributed by atoms with van der Waals surface area (Å²) in [5.74, 6) is -0.354. The Morgan fingerprint density at radius 2 is 1.71 bits per heavy atom. The van der Waals surface area contributed by atoms with E-state index in [1.807, 2.05) is 25.1 Å². The summed E-state index contributed by atoms with van der Waals surface area (Å²) in [5.41, 5.74) is 8.59. The van der Waals surface area contributed by atoms with E-state index in [9.17, 15) is 20.5 Å². The van der Waals surface area contributed by atoms with Crippen LogP contribution in [0.3, 0.4) is 0 Å². The van der Waals surface area contributed by atoms with Gasteiger partial charge in [0.2, 0.25) is 11.4 Å². The van der Waals surface area contributed by atoms with Gasteiger partial charge in [0.25, 0.3) is 0 Å². The topological polar surface area (TPSA) is 130 Å². The van der Waals surface area contributed by atoms with Gasteiger partial charge in [-0.3, -0.25) is 4.79 Å². The second-order valence-electron chi connectivity index (χ2n) is 6.92. The molecule has 1 aromatic heterocycles. The number of carbonyl (C=O) groups excluding carboxylic acids is 1. The number of aromatic nitrogens is 1. The lowest BCUT2D eigenvalue weighted by atomic mass is 9.90. The minimum atomic E-state index is -0.252. The molecule has 7 nitrogen and oxygen atoms in total. The highest BCUT2D eigenvalue weighted by Gasteiger charge is 2.34. The molecule has 0 fully saturated rings. The number of carbonyl (C=O) groups is 1. The predicted octanol–water partition coefficient (Wildman–Crippen LogP) is 4.24. The average molecular weight is 409 g/mol. The van der Waals surface area contributed by atoms with Crippen molar-refractivity contribution < 1.29 is 9.53 Å². The number of nitrogen functional groups attached to an aromatic ring is 1. The van der Waals surface area contributed by atoms with E-state index in [-0.39, 0.29) is 53.7 Å². The average Bonchev–Trinajstić information content (AvgIpc) is 2.76. The van der Waals surface area contributed by atoms with Crippen molar-refractivity contribution in [3.05, 3.63) is 81.7 Å². The molecule has 3 aromatic rings. The van der Waals surface area contributed by atoms with Gasteiger partial charge in [0.05, 0.1) is 17.5 Å². The summed E-state index contributed by atoms with van der Waals surface area (Å²) < 4.78 is 0.615. The number of pyridine rings is 1. The summed E-state index contributed by atoms with van der Waals surface area (Å²) in [6.45, 7) is 1.92. The normalized spacial score (nSPS) is 12.4. The lowest BCUT2D eigenvalue weighted by Gasteiger charge is -2.19. The molecule has 7 heteroatoms. The maximum atomic E-state index is 13.1. The van der Waals surface area contributed by atoms with Crippen LogP contribution in [0.25, 0.3) is 11.1 Å². The van der Waals surface area contributed by atoms with Crippen molar-refractivity contribution in [2.24, 2.45) is 0 Å². The molecule has 0 radical (unpaired) electrons. The lowest BCUT2D eigenvalue weighted by Crippen LogP contribution is -2.26. The van der Waals surface area contributed by atoms with Gasteiger partial charge in [-0.15, -0.1) is 0 Å². The van der Waals surface area contributed by atoms with Crippen molar-refractivity contribution >= 4 is 23.0 Å². The van der Waals surface area contributed by atoms with Gasteiger partial charge in [-0.25, -0.2) is 4.98 Å².